The molecular formula is C30H41N3O8. The van der Waals surface area contributed by atoms with Crippen molar-refractivity contribution in [3.63, 3.8) is 0 Å². The van der Waals surface area contributed by atoms with E-state index in [1.807, 2.05) is 13.0 Å². The van der Waals surface area contributed by atoms with E-state index in [1.54, 1.807) is 40.0 Å². The van der Waals surface area contributed by atoms with Crippen LogP contribution in [0, 0.1) is 17.3 Å². The van der Waals surface area contributed by atoms with Crippen molar-refractivity contribution < 1.29 is 37.8 Å². The number of hydrogen-bond acceptors (Lipinski definition) is 8. The Hall–Kier alpha value is -3.34. The first-order chi connectivity index (χ1) is 19.8. The average molecular weight is 572 g/mol. The summed E-state index contributed by atoms with van der Waals surface area (Å²) in [6, 6.07) is 3.55. The second-order valence-corrected chi connectivity index (χ2v) is 11.5. The van der Waals surface area contributed by atoms with Crippen molar-refractivity contribution in [2.45, 2.75) is 71.1 Å². The van der Waals surface area contributed by atoms with Crippen LogP contribution >= 0.6 is 0 Å². The minimum atomic E-state index is -1.24. The second kappa shape index (κ2) is 12.3. The summed E-state index contributed by atoms with van der Waals surface area (Å²) in [5, 5.41) is 0. The number of ether oxygens (including phenoxy) is 3. The van der Waals surface area contributed by atoms with Crippen LogP contribution in [0.4, 0.5) is 4.79 Å². The van der Waals surface area contributed by atoms with E-state index in [0.717, 1.165) is 25.7 Å². The molecule has 11 heteroatoms. The van der Waals surface area contributed by atoms with E-state index in [2.05, 4.69) is 0 Å². The van der Waals surface area contributed by atoms with E-state index < -0.39 is 29.5 Å². The van der Waals surface area contributed by atoms with Gasteiger partial charge in [-0.25, -0.2) is 4.79 Å². The van der Waals surface area contributed by atoms with E-state index in [0.29, 0.717) is 43.6 Å². The Balaban J connectivity index is 1.42. The molecule has 0 N–H and O–H groups in total. The highest BCUT2D eigenvalue weighted by Gasteiger charge is 2.60. The number of carbonyl (C=O) groups excluding carboxylic acids is 4. The molecule has 0 bridgehead atoms. The fraction of sp³-hybridized carbons (Fsp3) is 0.667. The lowest BCUT2D eigenvalue weighted by atomic mass is 9.66. The van der Waals surface area contributed by atoms with E-state index in [4.69, 9.17) is 18.6 Å². The van der Waals surface area contributed by atoms with Crippen molar-refractivity contribution in [3.05, 3.63) is 35.9 Å². The summed E-state index contributed by atoms with van der Waals surface area (Å²) >= 11 is 0. The van der Waals surface area contributed by atoms with Crippen LogP contribution in [0.5, 0.6) is 0 Å². The fourth-order valence-corrected chi connectivity index (χ4v) is 6.96. The van der Waals surface area contributed by atoms with Gasteiger partial charge in [0.1, 0.15) is 11.2 Å². The fourth-order valence-electron chi connectivity index (χ4n) is 6.96. The smallest absolute Gasteiger partial charge is 0.409 e. The summed E-state index contributed by atoms with van der Waals surface area (Å²) in [6.45, 7) is 5.49. The molecule has 0 spiro atoms. The summed E-state index contributed by atoms with van der Waals surface area (Å²) < 4.78 is 22.6. The van der Waals surface area contributed by atoms with Crippen LogP contribution in [0.25, 0.3) is 0 Å². The molecule has 1 aromatic heterocycles. The molecule has 1 saturated carbocycles. The Morgan fingerprint density at radius 1 is 1.10 bits per heavy atom. The third-order valence-electron chi connectivity index (χ3n) is 9.20. The molecule has 3 aliphatic heterocycles. The van der Waals surface area contributed by atoms with Crippen molar-refractivity contribution in [1.82, 2.24) is 14.7 Å². The number of esters is 1. The standard InChI is InChI=1S/C30H41N3O8/c1-4-39-29(37)32-13-11-31(12-14-32)26(34)16-22-18-30(28(36)38-3)20(2)41-24(21-8-5-6-9-21)17-25(30)33(27(22)35)19-23-10-7-15-40-23/h7,10,15,17,20-22,24H,4-6,8-9,11-14,16,18-19H2,1-3H3/t20-,22-,24-,30+/m0/s1. The van der Waals surface area contributed by atoms with Crippen LogP contribution in [-0.2, 0) is 35.1 Å². The van der Waals surface area contributed by atoms with Gasteiger partial charge in [0.05, 0.1) is 38.7 Å². The third kappa shape index (κ3) is 5.60. The van der Waals surface area contributed by atoms with Crippen LogP contribution in [0.2, 0.25) is 0 Å². The van der Waals surface area contributed by atoms with Gasteiger partial charge in [-0.1, -0.05) is 12.8 Å². The number of likely N-dealkylation sites (tertiary alicyclic amines) is 1. The topological polar surface area (TPSA) is 119 Å². The lowest BCUT2D eigenvalue weighted by Gasteiger charge is -2.52. The van der Waals surface area contributed by atoms with Crippen molar-refractivity contribution in [2.75, 3.05) is 39.9 Å². The minimum absolute atomic E-state index is 0.0578. The molecule has 3 fully saturated rings. The quantitative estimate of drug-likeness (QED) is 0.458. The molecule has 4 atom stereocenters. The monoisotopic (exact) mass is 571 g/mol. The van der Waals surface area contributed by atoms with Crippen molar-refractivity contribution in [2.24, 2.45) is 17.3 Å². The number of piperidine rings is 1. The molecule has 4 heterocycles. The van der Waals surface area contributed by atoms with Crippen LogP contribution in [0.15, 0.2) is 34.6 Å². The van der Waals surface area contributed by atoms with Crippen LogP contribution < -0.4 is 0 Å². The number of nitrogens with zero attached hydrogens (tertiary/aromatic N) is 3. The molecular weight excluding hydrogens is 530 g/mol. The van der Waals surface area contributed by atoms with Gasteiger partial charge in [0.15, 0.2) is 0 Å². The lowest BCUT2D eigenvalue weighted by molar-refractivity contribution is -0.178. The summed E-state index contributed by atoms with van der Waals surface area (Å²) in [7, 11) is 1.35. The molecule has 2 saturated heterocycles. The van der Waals surface area contributed by atoms with Crippen molar-refractivity contribution >= 4 is 23.9 Å². The van der Waals surface area contributed by atoms with Gasteiger partial charge in [-0.3, -0.25) is 14.4 Å². The highest BCUT2D eigenvalue weighted by molar-refractivity contribution is 5.92. The maximum Gasteiger partial charge on any atom is 0.409 e. The highest BCUT2D eigenvalue weighted by Crippen LogP contribution is 2.52. The molecule has 5 rings (SSSR count). The van der Waals surface area contributed by atoms with Crippen LogP contribution in [0.1, 0.15) is 58.1 Å². The predicted octanol–water partition coefficient (Wildman–Crippen LogP) is 3.34. The Bertz CT molecular complexity index is 1150. The largest absolute Gasteiger partial charge is 0.468 e. The van der Waals surface area contributed by atoms with Crippen LogP contribution in [0.3, 0.4) is 0 Å². The number of hydrogen-bond donors (Lipinski definition) is 0. The number of methoxy groups -OCH3 is 1. The maximum atomic E-state index is 14.1. The van der Waals surface area contributed by atoms with E-state index >= 15 is 0 Å². The lowest BCUT2D eigenvalue weighted by Crippen LogP contribution is -2.60. The molecule has 3 amide bonds. The Morgan fingerprint density at radius 2 is 1.80 bits per heavy atom. The maximum absolute atomic E-state index is 14.1. The number of fused-ring (bicyclic) bond motifs is 1. The van der Waals surface area contributed by atoms with Gasteiger partial charge in [-0.05, 0) is 57.2 Å². The third-order valence-corrected chi connectivity index (χ3v) is 9.20. The molecule has 41 heavy (non-hydrogen) atoms. The predicted molar refractivity (Wildman–Crippen MR) is 146 cm³/mol. The zero-order valence-electron chi connectivity index (χ0n) is 24.2. The van der Waals surface area contributed by atoms with E-state index in [-0.39, 0.29) is 43.9 Å². The number of amides is 3. The zero-order chi connectivity index (χ0) is 29.1. The van der Waals surface area contributed by atoms with Crippen LogP contribution in [-0.4, -0.2) is 90.7 Å². The number of carbonyl (C=O) groups is 4. The van der Waals surface area contributed by atoms with Crippen molar-refractivity contribution in [3.8, 4) is 0 Å². The Labute approximate surface area is 240 Å². The molecule has 4 aliphatic rings. The van der Waals surface area contributed by atoms with Gasteiger partial charge in [0, 0.05) is 44.2 Å². The number of rotatable bonds is 7. The Kier molecular flexibility index (Phi) is 8.72. The first-order valence-electron chi connectivity index (χ1n) is 14.8. The number of piperazine rings is 1. The highest BCUT2D eigenvalue weighted by atomic mass is 16.6. The minimum Gasteiger partial charge on any atom is -0.468 e. The van der Waals surface area contributed by atoms with Gasteiger partial charge in [0.2, 0.25) is 11.8 Å². The first kappa shape index (κ1) is 29.2. The summed E-state index contributed by atoms with van der Waals surface area (Å²) in [6.07, 6.45) is 6.77. The summed E-state index contributed by atoms with van der Waals surface area (Å²) in [5.74, 6) is -0.731. The summed E-state index contributed by atoms with van der Waals surface area (Å²) in [5.41, 5.74) is -0.647. The normalized spacial score (nSPS) is 28.8. The molecule has 0 unspecified atom stereocenters. The molecule has 11 nitrogen and oxygen atoms in total. The number of furan rings is 1. The molecule has 1 aromatic rings. The summed E-state index contributed by atoms with van der Waals surface area (Å²) in [4.78, 5) is 58.2. The molecule has 0 radical (unpaired) electrons. The van der Waals surface area contributed by atoms with Gasteiger partial charge in [-0.2, -0.15) is 0 Å². The van der Waals surface area contributed by atoms with Gasteiger partial charge in [-0.15, -0.1) is 0 Å². The van der Waals surface area contributed by atoms with Crippen molar-refractivity contribution in [1.29, 1.82) is 0 Å². The van der Waals surface area contributed by atoms with Gasteiger partial charge < -0.3 is 33.3 Å². The second-order valence-electron chi connectivity index (χ2n) is 11.5. The SMILES string of the molecule is CCOC(=O)N1CCN(C(=O)C[C@H]2C[C@]3(C(=O)OC)C(=C[C@@H](C4CCCC4)O[C@H]3C)N(Cc3ccco3)C2=O)CC1. The van der Waals surface area contributed by atoms with E-state index in [9.17, 15) is 19.2 Å². The molecule has 224 valence electrons. The average Bonchev–Trinajstić information content (AvgIpc) is 3.70. The molecule has 1 aliphatic carbocycles. The zero-order valence-corrected chi connectivity index (χ0v) is 24.2. The Morgan fingerprint density at radius 3 is 2.44 bits per heavy atom. The van der Waals surface area contributed by atoms with E-state index in [1.165, 1.54) is 7.11 Å². The first-order valence-corrected chi connectivity index (χ1v) is 14.8. The van der Waals surface area contributed by atoms with Gasteiger partial charge >= 0.3 is 12.1 Å². The molecule has 0 aromatic carbocycles. The van der Waals surface area contributed by atoms with Gasteiger partial charge in [0.25, 0.3) is 0 Å².